The van der Waals surface area contributed by atoms with Gasteiger partial charge in [-0.05, 0) is 86.3 Å². The number of hydrogen-bond acceptors (Lipinski definition) is 12. The van der Waals surface area contributed by atoms with Gasteiger partial charge in [0.15, 0.2) is 5.84 Å². The number of carboxylic acids is 1. The summed E-state index contributed by atoms with van der Waals surface area (Å²) in [5.74, 6) is -0.685. The number of H-pyrrole nitrogens is 1. The number of para-hydroxylation sites is 2. The maximum absolute atomic E-state index is 13.2. The average molecular weight is 1020 g/mol. The van der Waals surface area contributed by atoms with E-state index in [2.05, 4.69) is 20.3 Å². The Labute approximate surface area is 429 Å². The van der Waals surface area contributed by atoms with Crippen LogP contribution in [-0.2, 0) is 45.1 Å². The number of carboxylic acid groups (broad SMARTS) is 1. The van der Waals surface area contributed by atoms with Gasteiger partial charge in [-0.2, -0.15) is 4.98 Å². The Morgan fingerprint density at radius 1 is 0.667 bits per heavy atom. The number of piperidine rings is 2. The molecule has 75 heavy (non-hydrogen) atoms. The lowest BCUT2D eigenvalue weighted by Crippen LogP contribution is -2.43. The summed E-state index contributed by atoms with van der Waals surface area (Å²) < 4.78 is 10.2. The van der Waals surface area contributed by atoms with Gasteiger partial charge in [0, 0.05) is 102 Å². The molecule has 2 unspecified atom stereocenters. The first kappa shape index (κ1) is 51.1. The van der Waals surface area contributed by atoms with E-state index in [-0.39, 0.29) is 77.4 Å². The molecule has 4 saturated heterocycles. The number of benzene rings is 4. The van der Waals surface area contributed by atoms with Crippen LogP contribution >= 0.6 is 0 Å². The number of amides is 4. The molecule has 0 bridgehead atoms. The predicted octanol–water partition coefficient (Wildman–Crippen LogP) is 4.01. The van der Waals surface area contributed by atoms with Crippen LogP contribution < -0.4 is 26.9 Å². The number of aromatic amines is 1. The van der Waals surface area contributed by atoms with Crippen molar-refractivity contribution in [3.05, 3.63) is 129 Å². The number of rotatable bonds is 8. The van der Waals surface area contributed by atoms with E-state index >= 15 is 0 Å². The summed E-state index contributed by atoms with van der Waals surface area (Å²) in [5.41, 5.74) is 11.3. The van der Waals surface area contributed by atoms with Crippen LogP contribution in [0, 0.1) is 17.8 Å². The Morgan fingerprint density at radius 3 is 1.76 bits per heavy atom. The molecule has 4 fully saturated rings. The third-order valence-electron chi connectivity index (χ3n) is 14.7. The number of hydrogen-bond donors (Lipinski definition) is 4. The molecule has 390 valence electrons. The second-order valence-electron chi connectivity index (χ2n) is 19.3. The summed E-state index contributed by atoms with van der Waals surface area (Å²) in [4.78, 5) is 99.3. The number of amidine groups is 1. The SMILES string of the molecule is Cn1c(=O)[nH]c2ccc(-c3noc(C4CCN(C(=O)C5CC(=O)N(c6ccccc6)C5)CC4)n3)cc21.Cn1c(=O)n(C)c2cc(/C(N)=N/O)ccc21.O=C(O)C1CCN(C(=O)C2CC(=O)N(c3ccccc3)C2)CC1. The van der Waals surface area contributed by atoms with Crippen molar-refractivity contribution in [1.29, 1.82) is 0 Å². The third kappa shape index (κ3) is 10.7. The number of oxime groups is 1. The summed E-state index contributed by atoms with van der Waals surface area (Å²) in [6, 6.07) is 29.6. The van der Waals surface area contributed by atoms with Gasteiger partial charge in [0.1, 0.15) is 0 Å². The fourth-order valence-electron chi connectivity index (χ4n) is 10.3. The van der Waals surface area contributed by atoms with Gasteiger partial charge in [0.05, 0.1) is 39.8 Å². The lowest BCUT2D eigenvalue weighted by Gasteiger charge is -2.32. The van der Waals surface area contributed by atoms with E-state index in [0.717, 1.165) is 51.8 Å². The van der Waals surface area contributed by atoms with Gasteiger partial charge in [0.25, 0.3) is 0 Å². The van der Waals surface area contributed by atoms with Crippen LogP contribution in [0.1, 0.15) is 55.9 Å². The highest BCUT2D eigenvalue weighted by Crippen LogP contribution is 2.33. The predicted molar refractivity (Wildman–Crippen MR) is 277 cm³/mol. The number of likely N-dealkylation sites (tertiary alicyclic amines) is 2. The molecule has 2 atom stereocenters. The number of fused-ring (bicyclic) bond motifs is 2. The fraction of sp³-hybridized carbons (Fsp3) is 0.358. The van der Waals surface area contributed by atoms with Crippen molar-refractivity contribution in [3.8, 4) is 11.4 Å². The summed E-state index contributed by atoms with van der Waals surface area (Å²) in [6.07, 6.45) is 2.90. The molecular formula is C53H58N12O10. The maximum atomic E-state index is 13.2. The molecule has 5 N–H and O–H groups in total. The first-order valence-corrected chi connectivity index (χ1v) is 24.8. The lowest BCUT2D eigenvalue weighted by atomic mass is 9.95. The number of aliphatic carboxylic acids is 1. The minimum Gasteiger partial charge on any atom is -0.481 e. The lowest BCUT2D eigenvalue weighted by molar-refractivity contribution is -0.146. The van der Waals surface area contributed by atoms with Crippen molar-refractivity contribution in [3.63, 3.8) is 0 Å². The zero-order valence-corrected chi connectivity index (χ0v) is 41.7. The number of anilines is 2. The standard InChI is InChI=1S/C26H26N6O4.C17H20N2O4.C10H12N4O2/c1-30-21-13-17(7-8-20(21)27-26(30)35)23-28-24(36-29-23)16-9-11-31(12-10-16)25(34)18-14-22(33)32(15-18)19-5-3-2-4-6-19;20-15-10-13(11-19(15)14-4-2-1-3-5-14)16(21)18-8-6-12(7-9-18)17(22)23;1-13-7-4-3-6(9(11)12-16)5-8(7)14(2)10(13)15/h2-8,13,16,18H,9-12,14-15H2,1H3,(H,27,35);1-5,12-13H,6-11H2,(H,22,23);3-5,16H,1-2H3,(H2,11,12). The van der Waals surface area contributed by atoms with E-state index in [0.29, 0.717) is 69.4 Å². The van der Waals surface area contributed by atoms with Crippen molar-refractivity contribution < 1.29 is 38.8 Å². The van der Waals surface area contributed by atoms with E-state index in [9.17, 15) is 33.6 Å². The number of carbonyl (C=O) groups is 5. The van der Waals surface area contributed by atoms with Crippen LogP contribution in [0.2, 0.25) is 0 Å². The van der Waals surface area contributed by atoms with E-state index in [1.54, 1.807) is 63.2 Å². The largest absolute Gasteiger partial charge is 0.481 e. The number of nitrogens with one attached hydrogen (secondary N) is 1. The van der Waals surface area contributed by atoms with Crippen molar-refractivity contribution in [2.45, 2.75) is 44.4 Å². The van der Waals surface area contributed by atoms with Gasteiger partial charge in [-0.25, -0.2) is 9.59 Å². The van der Waals surface area contributed by atoms with Gasteiger partial charge in [0.2, 0.25) is 35.3 Å². The highest BCUT2D eigenvalue weighted by Gasteiger charge is 2.40. The molecular weight excluding hydrogens is 965 g/mol. The summed E-state index contributed by atoms with van der Waals surface area (Å²) in [6.45, 7) is 2.94. The van der Waals surface area contributed by atoms with Crippen LogP contribution in [-0.4, -0.2) is 124 Å². The molecule has 7 aromatic rings. The minimum absolute atomic E-state index is 0.00859. The van der Waals surface area contributed by atoms with E-state index in [1.165, 1.54) is 4.57 Å². The molecule has 4 amide bonds. The van der Waals surface area contributed by atoms with E-state index in [4.69, 9.17) is 20.6 Å². The van der Waals surface area contributed by atoms with Crippen LogP contribution in [0.25, 0.3) is 33.5 Å². The maximum Gasteiger partial charge on any atom is 0.328 e. The number of aromatic nitrogens is 6. The Hall–Kier alpha value is -8.82. The van der Waals surface area contributed by atoms with Crippen LogP contribution in [0.3, 0.4) is 0 Å². The smallest absolute Gasteiger partial charge is 0.328 e. The molecule has 4 aliphatic rings. The molecule has 0 spiro atoms. The van der Waals surface area contributed by atoms with Crippen molar-refractivity contribution in [2.24, 2.45) is 49.8 Å². The van der Waals surface area contributed by atoms with Crippen molar-refractivity contribution in [2.75, 3.05) is 49.1 Å². The van der Waals surface area contributed by atoms with E-state index < -0.39 is 5.97 Å². The zero-order chi connectivity index (χ0) is 53.1. The second kappa shape index (κ2) is 21.7. The van der Waals surface area contributed by atoms with Gasteiger partial charge >= 0.3 is 17.3 Å². The van der Waals surface area contributed by atoms with Gasteiger partial charge in [-0.1, -0.05) is 46.7 Å². The van der Waals surface area contributed by atoms with Crippen LogP contribution in [0.5, 0.6) is 0 Å². The molecule has 0 radical (unpaired) electrons. The van der Waals surface area contributed by atoms with Crippen LogP contribution in [0.4, 0.5) is 11.4 Å². The number of carbonyl (C=O) groups excluding carboxylic acids is 4. The fourth-order valence-corrected chi connectivity index (χ4v) is 10.3. The molecule has 0 saturated carbocycles. The van der Waals surface area contributed by atoms with Gasteiger partial charge in [-0.3, -0.25) is 37.7 Å². The Morgan fingerprint density at radius 2 is 1.21 bits per heavy atom. The molecule has 22 heteroatoms. The Balaban J connectivity index is 0.000000151. The first-order valence-electron chi connectivity index (χ1n) is 24.8. The zero-order valence-electron chi connectivity index (χ0n) is 41.7. The molecule has 11 rings (SSSR count). The molecule has 7 heterocycles. The molecule has 4 aliphatic heterocycles. The monoisotopic (exact) mass is 1020 g/mol. The Kier molecular flexibility index (Phi) is 14.8. The first-order chi connectivity index (χ1) is 36.1. The second-order valence-corrected chi connectivity index (χ2v) is 19.3. The van der Waals surface area contributed by atoms with Crippen LogP contribution in [0.15, 0.2) is 116 Å². The average Bonchev–Trinajstić information content (AvgIpc) is 4.29. The molecule has 3 aromatic heterocycles. The summed E-state index contributed by atoms with van der Waals surface area (Å²) in [7, 11) is 5.09. The number of aryl methyl sites for hydroxylation is 3. The number of nitrogens with two attached hydrogens (primary N) is 1. The molecule has 4 aromatic carbocycles. The summed E-state index contributed by atoms with van der Waals surface area (Å²) in [5, 5.41) is 24.7. The minimum atomic E-state index is -0.789. The Bertz CT molecular complexity index is 3420. The van der Waals surface area contributed by atoms with Crippen molar-refractivity contribution >= 4 is 68.9 Å². The topological polar surface area (TPSA) is 281 Å². The number of nitrogens with zero attached hydrogens (tertiary/aromatic N) is 10. The highest BCUT2D eigenvalue weighted by molar-refractivity contribution is 6.02. The molecule has 22 nitrogen and oxygen atoms in total. The van der Waals surface area contributed by atoms with Crippen molar-refractivity contribution in [1.82, 2.24) is 38.6 Å². The number of imidazole rings is 2. The molecule has 0 aliphatic carbocycles. The van der Waals surface area contributed by atoms with E-state index in [1.807, 2.05) is 83.8 Å². The normalized spacial score (nSPS) is 18.6. The quantitative estimate of drug-likeness (QED) is 0.0726. The highest BCUT2D eigenvalue weighted by atomic mass is 16.5. The van der Waals surface area contributed by atoms with Gasteiger partial charge in [-0.15, -0.1) is 0 Å². The summed E-state index contributed by atoms with van der Waals surface area (Å²) >= 11 is 0. The third-order valence-corrected chi connectivity index (χ3v) is 14.7. The van der Waals surface area contributed by atoms with Gasteiger partial charge < -0.3 is 45.2 Å².